The highest BCUT2D eigenvalue weighted by Gasteiger charge is 2.07. The van der Waals surface area contributed by atoms with Gasteiger partial charge in [-0.15, -0.1) is 11.8 Å². The normalized spacial score (nSPS) is 10.4. The first-order valence-corrected chi connectivity index (χ1v) is 8.53. The maximum Gasteiger partial charge on any atom is 0.255 e. The number of hydrogen-bond acceptors (Lipinski definition) is 2. The van der Waals surface area contributed by atoms with Crippen LogP contribution >= 0.6 is 11.8 Å². The van der Waals surface area contributed by atoms with Crippen LogP contribution in [0.4, 0.5) is 10.1 Å². The molecular weight excluding hydrogens is 321 g/mol. The van der Waals surface area contributed by atoms with Gasteiger partial charge in [-0.1, -0.05) is 36.4 Å². The van der Waals surface area contributed by atoms with Gasteiger partial charge in [-0.05, 0) is 48.0 Å². The summed E-state index contributed by atoms with van der Waals surface area (Å²) >= 11 is 1.76. The van der Waals surface area contributed by atoms with E-state index in [1.807, 2.05) is 42.5 Å². The van der Waals surface area contributed by atoms with E-state index in [0.29, 0.717) is 11.3 Å². The van der Waals surface area contributed by atoms with Crippen LogP contribution in [0.2, 0.25) is 0 Å². The Hall–Kier alpha value is -2.59. The number of thioether (sulfide) groups is 1. The number of carbonyl (C=O) groups excluding carboxylic acids is 1. The average molecular weight is 337 g/mol. The zero-order chi connectivity index (χ0) is 16.8. The number of hydrogen-bond donors (Lipinski definition) is 1. The highest BCUT2D eigenvalue weighted by molar-refractivity contribution is 7.98. The fourth-order valence-electron chi connectivity index (χ4n) is 2.20. The molecule has 3 aromatic rings. The van der Waals surface area contributed by atoms with Gasteiger partial charge in [-0.3, -0.25) is 4.79 Å². The Morgan fingerprint density at radius 2 is 1.67 bits per heavy atom. The number of rotatable bonds is 5. The lowest BCUT2D eigenvalue weighted by Crippen LogP contribution is -2.11. The van der Waals surface area contributed by atoms with Crippen molar-refractivity contribution in [1.29, 1.82) is 0 Å². The van der Waals surface area contributed by atoms with Crippen LogP contribution in [0.5, 0.6) is 0 Å². The van der Waals surface area contributed by atoms with Crippen molar-refractivity contribution in [2.75, 3.05) is 5.32 Å². The molecule has 3 rings (SSSR count). The van der Waals surface area contributed by atoms with E-state index in [0.717, 1.165) is 5.75 Å². The fourth-order valence-corrected chi connectivity index (χ4v) is 3.08. The zero-order valence-electron chi connectivity index (χ0n) is 12.9. The van der Waals surface area contributed by atoms with Crippen molar-refractivity contribution < 1.29 is 9.18 Å². The molecule has 3 aromatic carbocycles. The summed E-state index contributed by atoms with van der Waals surface area (Å²) in [6.07, 6.45) is 0. The number of anilines is 1. The summed E-state index contributed by atoms with van der Waals surface area (Å²) in [6, 6.07) is 23.5. The van der Waals surface area contributed by atoms with Crippen molar-refractivity contribution in [1.82, 2.24) is 0 Å². The smallest absolute Gasteiger partial charge is 0.255 e. The molecule has 0 bridgehead atoms. The van der Waals surface area contributed by atoms with Gasteiger partial charge >= 0.3 is 0 Å². The average Bonchev–Trinajstić information content (AvgIpc) is 2.62. The zero-order valence-corrected chi connectivity index (χ0v) is 13.7. The van der Waals surface area contributed by atoms with Crippen LogP contribution in [0.15, 0.2) is 83.8 Å². The number of nitrogens with one attached hydrogen (secondary N) is 1. The summed E-state index contributed by atoms with van der Waals surface area (Å²) in [6.45, 7) is 0. The molecule has 2 nitrogen and oxygen atoms in total. The Morgan fingerprint density at radius 1 is 0.917 bits per heavy atom. The second-order valence-electron chi connectivity index (χ2n) is 5.26. The summed E-state index contributed by atoms with van der Waals surface area (Å²) in [5, 5.41) is 2.77. The monoisotopic (exact) mass is 337 g/mol. The third-order valence-corrected chi connectivity index (χ3v) is 4.53. The van der Waals surface area contributed by atoms with E-state index in [-0.39, 0.29) is 5.91 Å². The molecule has 0 aliphatic carbocycles. The van der Waals surface area contributed by atoms with E-state index in [1.165, 1.54) is 28.7 Å². The van der Waals surface area contributed by atoms with Crippen LogP contribution in [0.25, 0.3) is 0 Å². The Morgan fingerprint density at radius 3 is 2.38 bits per heavy atom. The maximum atomic E-state index is 13.2. The van der Waals surface area contributed by atoms with E-state index < -0.39 is 5.82 Å². The first-order valence-electron chi connectivity index (χ1n) is 7.54. The number of carbonyl (C=O) groups is 1. The Balaban J connectivity index is 1.59. The van der Waals surface area contributed by atoms with Crippen molar-refractivity contribution in [3.63, 3.8) is 0 Å². The van der Waals surface area contributed by atoms with E-state index in [1.54, 1.807) is 17.8 Å². The Kier molecular flexibility index (Phi) is 5.29. The van der Waals surface area contributed by atoms with Gasteiger partial charge in [0.25, 0.3) is 5.91 Å². The first kappa shape index (κ1) is 16.3. The SMILES string of the molecule is O=C(Nc1ccc(CSc2ccccc2)cc1)c1cccc(F)c1. The molecule has 0 aliphatic rings. The third-order valence-electron chi connectivity index (χ3n) is 3.45. The number of halogens is 1. The van der Waals surface area contributed by atoms with E-state index >= 15 is 0 Å². The largest absolute Gasteiger partial charge is 0.322 e. The molecule has 0 saturated carbocycles. The van der Waals surface area contributed by atoms with Crippen molar-refractivity contribution in [3.05, 3.63) is 95.8 Å². The molecule has 0 unspecified atom stereocenters. The van der Waals surface area contributed by atoms with Gasteiger partial charge in [0, 0.05) is 21.9 Å². The molecule has 0 fully saturated rings. The van der Waals surface area contributed by atoms with Gasteiger partial charge in [0.2, 0.25) is 0 Å². The topological polar surface area (TPSA) is 29.1 Å². The fraction of sp³-hybridized carbons (Fsp3) is 0.0500. The van der Waals surface area contributed by atoms with Crippen LogP contribution in [-0.2, 0) is 5.75 Å². The van der Waals surface area contributed by atoms with Crippen LogP contribution in [0.3, 0.4) is 0 Å². The minimum atomic E-state index is -0.420. The lowest BCUT2D eigenvalue weighted by atomic mass is 10.2. The maximum absolute atomic E-state index is 13.2. The van der Waals surface area contributed by atoms with Gasteiger partial charge in [0.15, 0.2) is 0 Å². The van der Waals surface area contributed by atoms with Gasteiger partial charge in [0.05, 0.1) is 0 Å². The predicted molar refractivity (Wildman–Crippen MR) is 96.8 cm³/mol. The van der Waals surface area contributed by atoms with Gasteiger partial charge in [-0.2, -0.15) is 0 Å². The molecule has 0 saturated heterocycles. The minimum absolute atomic E-state index is 0.304. The summed E-state index contributed by atoms with van der Waals surface area (Å²) in [7, 11) is 0. The summed E-state index contributed by atoms with van der Waals surface area (Å²) in [5.74, 6) is 0.124. The Bertz CT molecular complexity index is 819. The van der Waals surface area contributed by atoms with Crippen LogP contribution in [0, 0.1) is 5.82 Å². The lowest BCUT2D eigenvalue weighted by Gasteiger charge is -2.07. The number of amides is 1. The second kappa shape index (κ2) is 7.79. The quantitative estimate of drug-likeness (QED) is 0.634. The first-order chi connectivity index (χ1) is 11.7. The number of benzene rings is 3. The molecule has 0 atom stereocenters. The summed E-state index contributed by atoms with van der Waals surface area (Å²) in [4.78, 5) is 13.3. The predicted octanol–water partition coefficient (Wildman–Crippen LogP) is 5.37. The molecule has 0 aromatic heterocycles. The molecule has 120 valence electrons. The van der Waals surface area contributed by atoms with Gasteiger partial charge in [-0.25, -0.2) is 4.39 Å². The molecular formula is C20H16FNOS. The highest BCUT2D eigenvalue weighted by atomic mass is 32.2. The van der Waals surface area contributed by atoms with Gasteiger partial charge < -0.3 is 5.32 Å². The molecule has 0 heterocycles. The molecule has 1 N–H and O–H groups in total. The van der Waals surface area contributed by atoms with Crippen LogP contribution in [0.1, 0.15) is 15.9 Å². The molecule has 0 radical (unpaired) electrons. The van der Waals surface area contributed by atoms with E-state index in [2.05, 4.69) is 17.4 Å². The lowest BCUT2D eigenvalue weighted by molar-refractivity contribution is 0.102. The molecule has 4 heteroatoms. The summed E-state index contributed by atoms with van der Waals surface area (Å²) < 4.78 is 13.2. The van der Waals surface area contributed by atoms with Gasteiger partial charge in [0.1, 0.15) is 5.82 Å². The summed E-state index contributed by atoms with van der Waals surface area (Å²) in [5.41, 5.74) is 2.17. The highest BCUT2D eigenvalue weighted by Crippen LogP contribution is 2.23. The van der Waals surface area contributed by atoms with Crippen molar-refractivity contribution >= 4 is 23.4 Å². The third kappa shape index (κ3) is 4.46. The van der Waals surface area contributed by atoms with Crippen molar-refractivity contribution in [3.8, 4) is 0 Å². The van der Waals surface area contributed by atoms with E-state index in [4.69, 9.17) is 0 Å². The van der Waals surface area contributed by atoms with Crippen molar-refractivity contribution in [2.45, 2.75) is 10.6 Å². The molecule has 1 amide bonds. The molecule has 24 heavy (non-hydrogen) atoms. The van der Waals surface area contributed by atoms with Crippen molar-refractivity contribution in [2.24, 2.45) is 0 Å². The minimum Gasteiger partial charge on any atom is -0.322 e. The van der Waals surface area contributed by atoms with Crippen LogP contribution in [-0.4, -0.2) is 5.91 Å². The second-order valence-corrected chi connectivity index (χ2v) is 6.31. The standard InChI is InChI=1S/C20H16FNOS/c21-17-6-4-5-16(13-17)20(23)22-18-11-9-15(10-12-18)14-24-19-7-2-1-3-8-19/h1-13H,14H2,(H,22,23). The molecule has 0 aliphatic heterocycles. The molecule has 0 spiro atoms. The Labute approximate surface area is 144 Å². The van der Waals surface area contributed by atoms with E-state index in [9.17, 15) is 9.18 Å². The van der Waals surface area contributed by atoms with Crippen LogP contribution < -0.4 is 5.32 Å².